The van der Waals surface area contributed by atoms with Gasteiger partial charge in [0, 0.05) is 12.0 Å². The van der Waals surface area contributed by atoms with E-state index >= 15 is 0 Å². The lowest BCUT2D eigenvalue weighted by atomic mass is 9.68. The number of nitrogens with one attached hydrogen (secondary N) is 1. The van der Waals surface area contributed by atoms with Gasteiger partial charge in [0.1, 0.15) is 0 Å². The highest BCUT2D eigenvalue weighted by Gasteiger charge is 2.48. The van der Waals surface area contributed by atoms with E-state index in [1.165, 1.54) is 44.9 Å². The van der Waals surface area contributed by atoms with Crippen LogP contribution in [0, 0.1) is 11.8 Å². The number of carbonyl (C=O) groups excluding carboxylic acids is 1. The quantitative estimate of drug-likeness (QED) is 0.781. The van der Waals surface area contributed by atoms with Gasteiger partial charge in [-0.05, 0) is 24.7 Å². The maximum Gasteiger partial charge on any atom is 0.220 e. The van der Waals surface area contributed by atoms with Crippen LogP contribution in [0.15, 0.2) is 0 Å². The van der Waals surface area contributed by atoms with Crippen molar-refractivity contribution < 1.29 is 4.79 Å². The zero-order valence-electron chi connectivity index (χ0n) is 10.7. The van der Waals surface area contributed by atoms with Crippen LogP contribution in [-0.4, -0.2) is 11.4 Å². The van der Waals surface area contributed by atoms with Gasteiger partial charge in [0.2, 0.25) is 5.91 Å². The summed E-state index contributed by atoms with van der Waals surface area (Å²) in [5.74, 6) is 1.64. The Morgan fingerprint density at radius 3 is 2.44 bits per heavy atom. The zero-order valence-corrected chi connectivity index (χ0v) is 10.7. The lowest BCUT2D eigenvalue weighted by Gasteiger charge is -2.41. The Hall–Kier alpha value is -0.530. The van der Waals surface area contributed by atoms with E-state index in [4.69, 9.17) is 0 Å². The van der Waals surface area contributed by atoms with E-state index in [0.717, 1.165) is 12.3 Å². The fourth-order valence-electron chi connectivity index (χ4n) is 3.97. The molecule has 0 aromatic heterocycles. The summed E-state index contributed by atoms with van der Waals surface area (Å²) in [6.07, 6.45) is 9.63. The number of carbonyl (C=O) groups is 1. The summed E-state index contributed by atoms with van der Waals surface area (Å²) in [7, 11) is 0. The van der Waals surface area contributed by atoms with E-state index in [2.05, 4.69) is 19.2 Å². The predicted molar refractivity (Wildman–Crippen MR) is 66.1 cm³/mol. The van der Waals surface area contributed by atoms with E-state index < -0.39 is 0 Å². The third-order valence-corrected chi connectivity index (χ3v) is 4.87. The first-order valence-corrected chi connectivity index (χ1v) is 7.03. The summed E-state index contributed by atoms with van der Waals surface area (Å²) in [4.78, 5) is 11.8. The van der Waals surface area contributed by atoms with Gasteiger partial charge >= 0.3 is 0 Å². The third-order valence-electron chi connectivity index (χ3n) is 4.87. The number of amides is 1. The predicted octanol–water partition coefficient (Wildman–Crippen LogP) is 3.26. The summed E-state index contributed by atoms with van der Waals surface area (Å²) in [5.41, 5.74) is 0.187. The molecule has 92 valence electrons. The third kappa shape index (κ3) is 1.99. The Morgan fingerprint density at radius 2 is 1.88 bits per heavy atom. The number of hydrogen-bond donors (Lipinski definition) is 1. The summed E-state index contributed by atoms with van der Waals surface area (Å²) < 4.78 is 0. The molecule has 2 heteroatoms. The van der Waals surface area contributed by atoms with Gasteiger partial charge in [-0.25, -0.2) is 0 Å². The molecule has 1 unspecified atom stereocenters. The monoisotopic (exact) mass is 223 g/mol. The van der Waals surface area contributed by atoms with E-state index in [9.17, 15) is 4.79 Å². The molecule has 0 aromatic rings. The normalized spacial score (nSPS) is 28.7. The Bertz CT molecular complexity index is 251. The smallest absolute Gasteiger partial charge is 0.220 e. The molecule has 2 rings (SSSR count). The maximum atomic E-state index is 11.8. The van der Waals surface area contributed by atoms with E-state index in [1.807, 2.05) is 0 Å². The van der Waals surface area contributed by atoms with Gasteiger partial charge in [0.25, 0.3) is 0 Å². The lowest BCUT2D eigenvalue weighted by molar-refractivity contribution is -0.120. The molecule has 1 heterocycles. The van der Waals surface area contributed by atoms with Crippen LogP contribution in [0.25, 0.3) is 0 Å². The van der Waals surface area contributed by atoms with Crippen molar-refractivity contribution in [1.82, 2.24) is 5.32 Å². The van der Waals surface area contributed by atoms with Crippen LogP contribution in [-0.2, 0) is 4.79 Å². The Labute approximate surface area is 99.2 Å². The van der Waals surface area contributed by atoms with Gasteiger partial charge in [-0.2, -0.15) is 0 Å². The average Bonchev–Trinajstić information content (AvgIpc) is 2.59. The molecular weight excluding hydrogens is 198 g/mol. The van der Waals surface area contributed by atoms with Crippen molar-refractivity contribution in [3.05, 3.63) is 0 Å². The van der Waals surface area contributed by atoms with E-state index in [-0.39, 0.29) is 5.54 Å². The maximum absolute atomic E-state index is 11.8. The van der Waals surface area contributed by atoms with Crippen molar-refractivity contribution in [3.63, 3.8) is 0 Å². The molecule has 2 fully saturated rings. The van der Waals surface area contributed by atoms with Crippen LogP contribution >= 0.6 is 0 Å². The first-order valence-electron chi connectivity index (χ1n) is 7.03. The number of hydrogen-bond acceptors (Lipinski definition) is 1. The van der Waals surface area contributed by atoms with Crippen molar-refractivity contribution in [2.75, 3.05) is 0 Å². The minimum Gasteiger partial charge on any atom is -0.350 e. The van der Waals surface area contributed by atoms with Crippen LogP contribution in [0.2, 0.25) is 0 Å². The standard InChI is InChI=1S/C14H25NO/c1-3-11(4-2)12-10-13(16)15-14(12)8-6-5-7-9-14/h11-12H,3-10H2,1-2H3,(H,15,16). The fraction of sp³-hybridized carbons (Fsp3) is 0.929. The van der Waals surface area contributed by atoms with Crippen LogP contribution < -0.4 is 5.32 Å². The Kier molecular flexibility index (Phi) is 3.56. The lowest BCUT2D eigenvalue weighted by Crippen LogP contribution is -2.49. The summed E-state index contributed by atoms with van der Waals surface area (Å²) in [6, 6.07) is 0. The van der Waals surface area contributed by atoms with Crippen molar-refractivity contribution >= 4 is 5.91 Å². The Morgan fingerprint density at radius 1 is 1.25 bits per heavy atom. The minimum absolute atomic E-state index is 0.187. The van der Waals surface area contributed by atoms with Crippen molar-refractivity contribution in [2.24, 2.45) is 11.8 Å². The molecule has 1 saturated carbocycles. The zero-order chi connectivity index (χ0) is 11.6. The molecule has 1 N–H and O–H groups in total. The first kappa shape index (κ1) is 11.9. The van der Waals surface area contributed by atoms with Crippen LogP contribution in [0.3, 0.4) is 0 Å². The second kappa shape index (κ2) is 4.77. The van der Waals surface area contributed by atoms with Gasteiger partial charge in [-0.3, -0.25) is 4.79 Å². The molecule has 1 saturated heterocycles. The summed E-state index contributed by atoms with van der Waals surface area (Å²) in [5, 5.41) is 3.33. The molecule has 2 nitrogen and oxygen atoms in total. The van der Waals surface area contributed by atoms with Crippen molar-refractivity contribution in [3.8, 4) is 0 Å². The van der Waals surface area contributed by atoms with Crippen LogP contribution in [0.4, 0.5) is 0 Å². The van der Waals surface area contributed by atoms with E-state index in [0.29, 0.717) is 11.8 Å². The molecule has 0 aromatic carbocycles. The van der Waals surface area contributed by atoms with Crippen LogP contribution in [0.5, 0.6) is 0 Å². The van der Waals surface area contributed by atoms with Gasteiger partial charge < -0.3 is 5.32 Å². The highest BCUT2D eigenvalue weighted by molar-refractivity contribution is 5.80. The SMILES string of the molecule is CCC(CC)C1CC(=O)NC12CCCCC2. The minimum atomic E-state index is 0.187. The topological polar surface area (TPSA) is 29.1 Å². The molecule has 0 bridgehead atoms. The molecule has 0 radical (unpaired) electrons. The highest BCUT2D eigenvalue weighted by atomic mass is 16.2. The molecule has 1 aliphatic carbocycles. The highest BCUT2D eigenvalue weighted by Crippen LogP contribution is 2.45. The van der Waals surface area contributed by atoms with Gasteiger partial charge in [-0.15, -0.1) is 0 Å². The molecule has 1 amide bonds. The molecule has 16 heavy (non-hydrogen) atoms. The summed E-state index contributed by atoms with van der Waals surface area (Å²) in [6.45, 7) is 4.54. The second-order valence-electron chi connectivity index (χ2n) is 5.65. The largest absolute Gasteiger partial charge is 0.350 e. The van der Waals surface area contributed by atoms with Gasteiger partial charge in [0.05, 0.1) is 0 Å². The molecule has 1 atom stereocenters. The Balaban J connectivity index is 2.17. The molecule has 1 aliphatic heterocycles. The second-order valence-corrected chi connectivity index (χ2v) is 5.65. The van der Waals surface area contributed by atoms with Gasteiger partial charge in [0.15, 0.2) is 0 Å². The van der Waals surface area contributed by atoms with Crippen molar-refractivity contribution in [1.29, 1.82) is 0 Å². The van der Waals surface area contributed by atoms with Gasteiger partial charge in [-0.1, -0.05) is 46.0 Å². The van der Waals surface area contributed by atoms with Crippen LogP contribution in [0.1, 0.15) is 65.2 Å². The summed E-state index contributed by atoms with van der Waals surface area (Å²) >= 11 is 0. The van der Waals surface area contributed by atoms with Crippen molar-refractivity contribution in [2.45, 2.75) is 70.8 Å². The fourth-order valence-corrected chi connectivity index (χ4v) is 3.97. The average molecular weight is 223 g/mol. The molecule has 2 aliphatic rings. The first-order chi connectivity index (χ1) is 7.72. The number of rotatable bonds is 3. The molecule has 1 spiro atoms. The van der Waals surface area contributed by atoms with E-state index in [1.54, 1.807) is 0 Å². The molecular formula is C14H25NO.